The van der Waals surface area contributed by atoms with Crippen LogP contribution in [0.5, 0.6) is 0 Å². The molecule has 3 aliphatic carbocycles. The van der Waals surface area contributed by atoms with E-state index in [9.17, 15) is 4.79 Å². The molecule has 6 atom stereocenters. The molecule has 4 heteroatoms. The maximum Gasteiger partial charge on any atom is 0.222 e. The molecule has 2 heterocycles. The molecule has 5 fully saturated rings. The Balaban J connectivity index is 1.47. The normalized spacial score (nSPS) is 51.3. The Labute approximate surface area is 151 Å². The standard InChI is InChI=1S/C21H33NO3/c1-19-9-8-18(23)22(3)17(19)5-4-14-15(19)6-10-20(2)16(14)7-11-21(20)24-12-13-25-21/h14-17H,4-13H2,1-3H3. The van der Waals surface area contributed by atoms with E-state index in [2.05, 4.69) is 18.7 Å². The second kappa shape index (κ2) is 5.22. The maximum absolute atomic E-state index is 12.2. The fourth-order valence-corrected chi connectivity index (χ4v) is 8.04. The lowest BCUT2D eigenvalue weighted by Crippen LogP contribution is -2.62. The first-order chi connectivity index (χ1) is 11.9. The molecule has 2 aliphatic heterocycles. The van der Waals surface area contributed by atoms with E-state index in [1.807, 2.05) is 7.05 Å². The molecular weight excluding hydrogens is 314 g/mol. The van der Waals surface area contributed by atoms with E-state index >= 15 is 0 Å². The third kappa shape index (κ3) is 1.93. The summed E-state index contributed by atoms with van der Waals surface area (Å²) in [5, 5.41) is 0. The summed E-state index contributed by atoms with van der Waals surface area (Å²) in [7, 11) is 2.04. The largest absolute Gasteiger partial charge is 0.347 e. The SMILES string of the molecule is CN1C(=O)CCC2(C)C3CCC4(C)C(CCC45OCCO5)C3CCC12. The van der Waals surface area contributed by atoms with Crippen molar-refractivity contribution in [2.24, 2.45) is 28.6 Å². The van der Waals surface area contributed by atoms with Crippen molar-refractivity contribution >= 4 is 5.91 Å². The number of hydrogen-bond donors (Lipinski definition) is 0. The van der Waals surface area contributed by atoms with Gasteiger partial charge >= 0.3 is 0 Å². The van der Waals surface area contributed by atoms with Crippen LogP contribution in [0.4, 0.5) is 0 Å². The molecule has 6 unspecified atom stereocenters. The van der Waals surface area contributed by atoms with Gasteiger partial charge in [-0.15, -0.1) is 0 Å². The van der Waals surface area contributed by atoms with Crippen LogP contribution in [-0.4, -0.2) is 42.9 Å². The molecule has 0 N–H and O–H groups in total. The van der Waals surface area contributed by atoms with Gasteiger partial charge in [-0.25, -0.2) is 0 Å². The topological polar surface area (TPSA) is 38.8 Å². The van der Waals surface area contributed by atoms with E-state index < -0.39 is 0 Å². The third-order valence-electron chi connectivity index (χ3n) is 9.36. The fourth-order valence-electron chi connectivity index (χ4n) is 8.04. The highest BCUT2D eigenvalue weighted by molar-refractivity contribution is 5.77. The summed E-state index contributed by atoms with van der Waals surface area (Å²) in [5.41, 5.74) is 0.490. The van der Waals surface area contributed by atoms with Crippen LogP contribution in [0.25, 0.3) is 0 Å². The molecule has 5 rings (SSSR count). The van der Waals surface area contributed by atoms with E-state index in [1.165, 1.54) is 32.1 Å². The summed E-state index contributed by atoms with van der Waals surface area (Å²) in [6.07, 6.45) is 9.12. The van der Waals surface area contributed by atoms with E-state index in [0.717, 1.165) is 50.2 Å². The van der Waals surface area contributed by atoms with Crippen LogP contribution in [-0.2, 0) is 14.3 Å². The molecule has 0 aromatic carbocycles. The predicted octanol–water partition coefficient (Wildman–Crippen LogP) is 3.59. The number of amides is 1. The summed E-state index contributed by atoms with van der Waals surface area (Å²) >= 11 is 0. The van der Waals surface area contributed by atoms with Gasteiger partial charge in [-0.1, -0.05) is 13.8 Å². The smallest absolute Gasteiger partial charge is 0.222 e. The summed E-state index contributed by atoms with van der Waals surface area (Å²) in [4.78, 5) is 14.3. The van der Waals surface area contributed by atoms with Crippen molar-refractivity contribution in [2.75, 3.05) is 20.3 Å². The van der Waals surface area contributed by atoms with E-state index in [0.29, 0.717) is 17.4 Å². The lowest BCUT2D eigenvalue weighted by molar-refractivity contribution is -0.247. The van der Waals surface area contributed by atoms with Crippen molar-refractivity contribution < 1.29 is 14.3 Å². The summed E-state index contributed by atoms with van der Waals surface area (Å²) < 4.78 is 12.5. The van der Waals surface area contributed by atoms with Crippen molar-refractivity contribution in [1.29, 1.82) is 0 Å². The molecule has 0 aromatic heterocycles. The van der Waals surface area contributed by atoms with Crippen molar-refractivity contribution in [1.82, 2.24) is 4.90 Å². The van der Waals surface area contributed by atoms with Crippen molar-refractivity contribution in [3.63, 3.8) is 0 Å². The number of rotatable bonds is 0. The third-order valence-corrected chi connectivity index (χ3v) is 9.36. The first kappa shape index (κ1) is 16.6. The Morgan fingerprint density at radius 3 is 2.44 bits per heavy atom. The summed E-state index contributed by atoms with van der Waals surface area (Å²) in [6.45, 7) is 6.48. The molecule has 5 aliphatic rings. The number of carbonyl (C=O) groups excluding carboxylic acids is 1. The summed E-state index contributed by atoms with van der Waals surface area (Å²) in [6, 6.07) is 0.452. The molecule has 1 amide bonds. The molecule has 2 saturated heterocycles. The van der Waals surface area contributed by atoms with Gasteiger partial charge in [0.05, 0.1) is 13.2 Å². The van der Waals surface area contributed by atoms with Crippen LogP contribution in [0.3, 0.4) is 0 Å². The number of likely N-dealkylation sites (tertiary alicyclic amines) is 1. The van der Waals surface area contributed by atoms with Crippen LogP contribution in [0.2, 0.25) is 0 Å². The lowest BCUT2D eigenvalue weighted by Gasteiger charge is -2.62. The van der Waals surface area contributed by atoms with Gasteiger partial charge in [-0.3, -0.25) is 4.79 Å². The molecule has 0 aromatic rings. The Kier molecular flexibility index (Phi) is 3.46. The molecule has 1 spiro atoms. The van der Waals surface area contributed by atoms with Crippen LogP contribution in [0, 0.1) is 28.6 Å². The van der Waals surface area contributed by atoms with E-state index in [1.54, 1.807) is 0 Å². The van der Waals surface area contributed by atoms with Gasteiger partial charge < -0.3 is 14.4 Å². The van der Waals surface area contributed by atoms with E-state index in [-0.39, 0.29) is 11.2 Å². The fraction of sp³-hybridized carbons (Fsp3) is 0.952. The number of nitrogens with zero attached hydrogens (tertiary/aromatic N) is 1. The summed E-state index contributed by atoms with van der Waals surface area (Å²) in [5.74, 6) is 2.34. The van der Waals surface area contributed by atoms with Gasteiger partial charge in [0, 0.05) is 31.3 Å². The Morgan fingerprint density at radius 1 is 0.960 bits per heavy atom. The van der Waals surface area contributed by atoms with Gasteiger partial charge in [0.1, 0.15) is 0 Å². The van der Waals surface area contributed by atoms with Gasteiger partial charge in [0.15, 0.2) is 5.79 Å². The second-order valence-electron chi connectivity index (χ2n) is 9.93. The molecule has 0 bridgehead atoms. The van der Waals surface area contributed by atoms with Gasteiger partial charge in [0.25, 0.3) is 0 Å². The molecule has 0 radical (unpaired) electrons. The van der Waals surface area contributed by atoms with Crippen LogP contribution in [0.15, 0.2) is 0 Å². The van der Waals surface area contributed by atoms with Gasteiger partial charge in [-0.05, 0) is 61.7 Å². The van der Waals surface area contributed by atoms with Crippen molar-refractivity contribution in [2.45, 2.75) is 77.0 Å². The minimum absolute atomic E-state index is 0.185. The average Bonchev–Trinajstić information content (AvgIpc) is 3.18. The minimum atomic E-state index is -0.292. The number of piperidine rings is 1. The second-order valence-corrected chi connectivity index (χ2v) is 9.93. The molecule has 4 nitrogen and oxygen atoms in total. The quantitative estimate of drug-likeness (QED) is 0.672. The molecule has 25 heavy (non-hydrogen) atoms. The highest BCUT2D eigenvalue weighted by Gasteiger charge is 2.67. The highest BCUT2D eigenvalue weighted by atomic mass is 16.7. The Bertz CT molecular complexity index is 586. The Hall–Kier alpha value is -0.610. The zero-order chi connectivity index (χ0) is 17.4. The minimum Gasteiger partial charge on any atom is -0.347 e. The zero-order valence-corrected chi connectivity index (χ0v) is 16.1. The average molecular weight is 347 g/mol. The lowest BCUT2D eigenvalue weighted by atomic mass is 9.47. The number of ether oxygens (including phenoxy) is 2. The molecule has 3 saturated carbocycles. The number of hydrogen-bond acceptors (Lipinski definition) is 3. The number of carbonyl (C=O) groups is 1. The predicted molar refractivity (Wildman–Crippen MR) is 94.8 cm³/mol. The van der Waals surface area contributed by atoms with E-state index in [4.69, 9.17) is 9.47 Å². The van der Waals surface area contributed by atoms with Gasteiger partial charge in [-0.2, -0.15) is 0 Å². The highest BCUT2D eigenvalue weighted by Crippen LogP contribution is 2.68. The van der Waals surface area contributed by atoms with Crippen LogP contribution in [0.1, 0.15) is 65.2 Å². The molecule has 140 valence electrons. The first-order valence-corrected chi connectivity index (χ1v) is 10.4. The number of fused-ring (bicyclic) bond motifs is 6. The Morgan fingerprint density at radius 2 is 1.68 bits per heavy atom. The van der Waals surface area contributed by atoms with Crippen LogP contribution >= 0.6 is 0 Å². The van der Waals surface area contributed by atoms with Crippen molar-refractivity contribution in [3.05, 3.63) is 0 Å². The van der Waals surface area contributed by atoms with Crippen LogP contribution < -0.4 is 0 Å². The monoisotopic (exact) mass is 347 g/mol. The first-order valence-electron chi connectivity index (χ1n) is 10.4. The maximum atomic E-state index is 12.2. The molecular formula is C21H33NO3. The zero-order valence-electron chi connectivity index (χ0n) is 16.1. The van der Waals surface area contributed by atoms with Gasteiger partial charge in [0.2, 0.25) is 5.91 Å². The van der Waals surface area contributed by atoms with Crippen molar-refractivity contribution in [3.8, 4) is 0 Å².